The van der Waals surface area contributed by atoms with Crippen molar-refractivity contribution in [3.8, 4) is 0 Å². The van der Waals surface area contributed by atoms with Crippen LogP contribution in [0.5, 0.6) is 0 Å². The Bertz CT molecular complexity index is 440. The highest BCUT2D eigenvalue weighted by molar-refractivity contribution is 6.30. The largest absolute Gasteiger partial charge is 0.385 e. The van der Waals surface area contributed by atoms with E-state index in [1.165, 1.54) is 0 Å². The van der Waals surface area contributed by atoms with Crippen molar-refractivity contribution >= 4 is 17.5 Å². The minimum atomic E-state index is -0.299. The molecule has 1 saturated carbocycles. The zero-order valence-corrected chi connectivity index (χ0v) is 12.2. The van der Waals surface area contributed by atoms with Crippen LogP contribution in [0.25, 0.3) is 0 Å². The second-order valence-corrected chi connectivity index (χ2v) is 5.60. The fourth-order valence-electron chi connectivity index (χ4n) is 2.43. The van der Waals surface area contributed by atoms with E-state index in [2.05, 4.69) is 0 Å². The van der Waals surface area contributed by atoms with Crippen molar-refractivity contribution in [1.29, 1.82) is 0 Å². The van der Waals surface area contributed by atoms with Gasteiger partial charge in [-0.1, -0.05) is 23.7 Å². The maximum atomic E-state index is 12.6. The van der Waals surface area contributed by atoms with E-state index < -0.39 is 0 Å². The molecular weight excluding hydrogens is 262 g/mol. The summed E-state index contributed by atoms with van der Waals surface area (Å²) in [4.78, 5) is 14.4. The number of carbonyl (C=O) groups excluding carboxylic acids is 1. The minimum Gasteiger partial charge on any atom is -0.385 e. The van der Waals surface area contributed by atoms with Crippen LogP contribution >= 0.6 is 11.6 Å². The number of hydrogen-bond donors (Lipinski definition) is 0. The normalized spacial score (nSPS) is 16.2. The highest BCUT2D eigenvalue weighted by Crippen LogP contribution is 2.49. The first-order valence-electron chi connectivity index (χ1n) is 6.61. The van der Waals surface area contributed by atoms with Crippen molar-refractivity contribution < 1.29 is 9.53 Å². The zero-order chi connectivity index (χ0) is 13.9. The molecule has 0 spiro atoms. The molecule has 1 aliphatic carbocycles. The lowest BCUT2D eigenvalue weighted by Crippen LogP contribution is -2.37. The Kier molecular flexibility index (Phi) is 4.48. The number of ether oxygens (including phenoxy) is 1. The fraction of sp³-hybridized carbons (Fsp3) is 0.533. The van der Waals surface area contributed by atoms with Crippen molar-refractivity contribution in [1.82, 2.24) is 4.90 Å². The summed E-state index contributed by atoms with van der Waals surface area (Å²) in [6.07, 6.45) is 2.74. The fourth-order valence-corrected chi connectivity index (χ4v) is 2.56. The maximum Gasteiger partial charge on any atom is 0.232 e. The van der Waals surface area contributed by atoms with Crippen LogP contribution in [0.1, 0.15) is 24.8 Å². The number of hydrogen-bond acceptors (Lipinski definition) is 2. The van der Waals surface area contributed by atoms with Crippen LogP contribution in [0, 0.1) is 0 Å². The quantitative estimate of drug-likeness (QED) is 0.751. The van der Waals surface area contributed by atoms with Gasteiger partial charge in [0.2, 0.25) is 5.91 Å². The third-order valence-electron chi connectivity index (χ3n) is 3.74. The standard InChI is InChI=1S/C15H20ClNO2/c1-17(10-3-11-19-2)14(18)15(8-9-15)12-4-6-13(16)7-5-12/h4-7H,3,8-11H2,1-2H3. The van der Waals surface area contributed by atoms with Gasteiger partial charge in [0.1, 0.15) is 0 Å². The second kappa shape index (κ2) is 5.93. The Labute approximate surface area is 119 Å². The van der Waals surface area contributed by atoms with Crippen LogP contribution in [0.3, 0.4) is 0 Å². The van der Waals surface area contributed by atoms with Crippen LogP contribution in [0.15, 0.2) is 24.3 Å². The summed E-state index contributed by atoms with van der Waals surface area (Å²) >= 11 is 5.90. The van der Waals surface area contributed by atoms with Crippen molar-refractivity contribution in [3.63, 3.8) is 0 Å². The molecule has 0 N–H and O–H groups in total. The number of nitrogens with zero attached hydrogens (tertiary/aromatic N) is 1. The molecule has 19 heavy (non-hydrogen) atoms. The molecule has 1 aromatic rings. The van der Waals surface area contributed by atoms with Gasteiger partial charge in [-0.05, 0) is 37.0 Å². The first kappa shape index (κ1) is 14.4. The summed E-state index contributed by atoms with van der Waals surface area (Å²) in [5.41, 5.74) is 0.785. The maximum absolute atomic E-state index is 12.6. The lowest BCUT2D eigenvalue weighted by molar-refractivity contribution is -0.132. The summed E-state index contributed by atoms with van der Waals surface area (Å²) < 4.78 is 5.02. The lowest BCUT2D eigenvalue weighted by atomic mass is 9.94. The first-order chi connectivity index (χ1) is 9.10. The number of benzene rings is 1. The van der Waals surface area contributed by atoms with E-state index in [0.717, 1.165) is 31.4 Å². The van der Waals surface area contributed by atoms with Crippen molar-refractivity contribution in [2.24, 2.45) is 0 Å². The van der Waals surface area contributed by atoms with E-state index in [4.69, 9.17) is 16.3 Å². The molecule has 0 aliphatic heterocycles. The lowest BCUT2D eigenvalue weighted by Gasteiger charge is -2.24. The highest BCUT2D eigenvalue weighted by Gasteiger charge is 2.52. The smallest absolute Gasteiger partial charge is 0.232 e. The number of halogens is 1. The number of amides is 1. The van der Waals surface area contributed by atoms with Crippen LogP contribution < -0.4 is 0 Å². The van der Waals surface area contributed by atoms with Crippen LogP contribution in [-0.2, 0) is 14.9 Å². The van der Waals surface area contributed by atoms with E-state index in [-0.39, 0.29) is 11.3 Å². The predicted octanol–water partition coefficient (Wildman–Crippen LogP) is 2.87. The molecule has 1 fully saturated rings. The van der Waals surface area contributed by atoms with Gasteiger partial charge in [0.25, 0.3) is 0 Å². The molecule has 3 nitrogen and oxygen atoms in total. The minimum absolute atomic E-state index is 0.214. The van der Waals surface area contributed by atoms with E-state index in [1.807, 2.05) is 36.2 Å². The average Bonchev–Trinajstić information content (AvgIpc) is 3.20. The number of likely N-dealkylation sites (N-methyl/N-ethyl adjacent to an activating group) is 1. The molecule has 0 unspecified atom stereocenters. The van der Waals surface area contributed by atoms with E-state index in [9.17, 15) is 4.79 Å². The van der Waals surface area contributed by atoms with Crippen molar-refractivity contribution in [3.05, 3.63) is 34.9 Å². The zero-order valence-electron chi connectivity index (χ0n) is 11.5. The van der Waals surface area contributed by atoms with Gasteiger partial charge in [0.15, 0.2) is 0 Å². The first-order valence-corrected chi connectivity index (χ1v) is 6.98. The molecule has 0 radical (unpaired) electrons. The monoisotopic (exact) mass is 281 g/mol. The molecule has 4 heteroatoms. The van der Waals surface area contributed by atoms with Gasteiger partial charge in [-0.3, -0.25) is 4.79 Å². The van der Waals surface area contributed by atoms with Crippen molar-refractivity contribution in [2.45, 2.75) is 24.7 Å². The summed E-state index contributed by atoms with van der Waals surface area (Å²) in [5, 5.41) is 0.709. The van der Waals surface area contributed by atoms with E-state index >= 15 is 0 Å². The Morgan fingerprint density at radius 1 is 1.37 bits per heavy atom. The van der Waals surface area contributed by atoms with Crippen molar-refractivity contribution in [2.75, 3.05) is 27.3 Å². The van der Waals surface area contributed by atoms with Crippen LogP contribution in [-0.4, -0.2) is 38.1 Å². The van der Waals surface area contributed by atoms with Gasteiger partial charge in [0.05, 0.1) is 5.41 Å². The third-order valence-corrected chi connectivity index (χ3v) is 4.00. The molecule has 0 atom stereocenters. The van der Waals surface area contributed by atoms with Gasteiger partial charge in [0, 0.05) is 32.3 Å². The van der Waals surface area contributed by atoms with Crippen LogP contribution in [0.4, 0.5) is 0 Å². The molecule has 104 valence electrons. The molecule has 0 aromatic heterocycles. The summed E-state index contributed by atoms with van der Waals surface area (Å²) in [6, 6.07) is 7.65. The van der Waals surface area contributed by atoms with Crippen LogP contribution in [0.2, 0.25) is 5.02 Å². The Morgan fingerprint density at radius 2 is 2.00 bits per heavy atom. The highest BCUT2D eigenvalue weighted by atomic mass is 35.5. The number of carbonyl (C=O) groups is 1. The molecule has 2 rings (SSSR count). The Morgan fingerprint density at radius 3 is 2.53 bits per heavy atom. The number of methoxy groups -OCH3 is 1. The van der Waals surface area contributed by atoms with Gasteiger partial charge in [-0.2, -0.15) is 0 Å². The Hall–Kier alpha value is -1.06. The SMILES string of the molecule is COCCCN(C)C(=O)C1(c2ccc(Cl)cc2)CC1. The predicted molar refractivity (Wildman–Crippen MR) is 76.5 cm³/mol. The molecule has 0 bridgehead atoms. The average molecular weight is 282 g/mol. The number of rotatable bonds is 6. The molecule has 0 heterocycles. The molecule has 1 amide bonds. The summed E-state index contributed by atoms with van der Waals surface area (Å²) in [6.45, 7) is 1.42. The molecule has 1 aromatic carbocycles. The molecular formula is C15H20ClNO2. The van der Waals surface area contributed by atoms with Gasteiger partial charge < -0.3 is 9.64 Å². The van der Waals surface area contributed by atoms with Gasteiger partial charge in [-0.25, -0.2) is 0 Å². The van der Waals surface area contributed by atoms with Gasteiger partial charge in [-0.15, -0.1) is 0 Å². The second-order valence-electron chi connectivity index (χ2n) is 5.16. The van der Waals surface area contributed by atoms with Gasteiger partial charge >= 0.3 is 0 Å². The topological polar surface area (TPSA) is 29.5 Å². The van der Waals surface area contributed by atoms with E-state index in [1.54, 1.807) is 7.11 Å². The summed E-state index contributed by atoms with van der Waals surface area (Å²) in [7, 11) is 3.55. The molecule has 0 saturated heterocycles. The summed E-state index contributed by atoms with van der Waals surface area (Å²) in [5.74, 6) is 0.214. The Balaban J connectivity index is 2.03. The molecule has 1 aliphatic rings. The van der Waals surface area contributed by atoms with E-state index in [0.29, 0.717) is 11.6 Å². The third kappa shape index (κ3) is 3.10.